The molecule has 4 amide bonds. The number of imidazole rings is 1. The quantitative estimate of drug-likeness (QED) is 0.149. The van der Waals surface area contributed by atoms with Gasteiger partial charge >= 0.3 is 24.5 Å². The lowest BCUT2D eigenvalue weighted by Gasteiger charge is -2.29. The number of alkyl halides is 6. The molecule has 322 valence electrons. The van der Waals surface area contributed by atoms with Crippen molar-refractivity contribution in [1.29, 1.82) is 0 Å². The summed E-state index contributed by atoms with van der Waals surface area (Å²) in [6.45, 7) is 0.618. The maximum Gasteiger partial charge on any atom is 0.407 e. The fourth-order valence-corrected chi connectivity index (χ4v) is 7.82. The zero-order valence-corrected chi connectivity index (χ0v) is 32.9. The molecule has 4 heterocycles. The lowest BCUT2D eigenvalue weighted by molar-refractivity contribution is -0.144. The zero-order valence-electron chi connectivity index (χ0n) is 32.9. The number of aliphatic imine (C=N–C) groups is 1. The Bertz CT molecular complexity index is 2080. The molecular formula is C41H45F6N7O6. The highest BCUT2D eigenvalue weighted by atomic mass is 19.4. The fraction of sp³-hybridized carbons (Fsp3) is 0.463. The average Bonchev–Trinajstić information content (AvgIpc) is 4.07. The number of halogens is 6. The van der Waals surface area contributed by atoms with Gasteiger partial charge in [0.2, 0.25) is 11.8 Å². The number of rotatable bonds is 13. The van der Waals surface area contributed by atoms with Gasteiger partial charge < -0.3 is 34.9 Å². The number of nitrogens with one attached hydrogen (secondary N) is 3. The molecule has 6 rings (SSSR count). The molecule has 0 unspecified atom stereocenters. The van der Waals surface area contributed by atoms with E-state index in [0.29, 0.717) is 56.7 Å². The molecule has 60 heavy (non-hydrogen) atoms. The summed E-state index contributed by atoms with van der Waals surface area (Å²) in [4.78, 5) is 65.9. The largest absolute Gasteiger partial charge is 0.453 e. The number of H-pyrrole nitrogens is 1. The normalized spacial score (nSPS) is 19.1. The maximum absolute atomic E-state index is 13.5. The SMILES string of the molecule is COC(=O)N[C@@H](CCC(F)(F)F)C(=O)N1CCC[C@H]1C1=NC=C(c2ccc(-c3ccc(-c4cnc([C@@H]5CCCN5C(=O)[C@H](CCC(F)(F)F)NC(=O)OC)[nH]4)cc3)cc2)C1. The van der Waals surface area contributed by atoms with Crippen LogP contribution in [0.3, 0.4) is 0 Å². The third-order valence-electron chi connectivity index (χ3n) is 10.9. The van der Waals surface area contributed by atoms with Gasteiger partial charge in [0.05, 0.1) is 38.2 Å². The van der Waals surface area contributed by atoms with Crippen LogP contribution in [0.5, 0.6) is 0 Å². The Morgan fingerprint density at radius 3 is 1.70 bits per heavy atom. The lowest BCUT2D eigenvalue weighted by atomic mass is 9.96. The summed E-state index contributed by atoms with van der Waals surface area (Å²) in [6.07, 6.45) is -8.55. The number of nitrogens with zero attached hydrogens (tertiary/aromatic N) is 4. The van der Waals surface area contributed by atoms with Crippen molar-refractivity contribution in [3.05, 3.63) is 72.3 Å². The number of ether oxygens (including phenoxy) is 2. The molecule has 3 aromatic rings. The second-order valence-electron chi connectivity index (χ2n) is 14.9. The van der Waals surface area contributed by atoms with Crippen LogP contribution in [0.2, 0.25) is 0 Å². The van der Waals surface area contributed by atoms with E-state index in [1.807, 2.05) is 48.5 Å². The zero-order chi connectivity index (χ0) is 43.2. The van der Waals surface area contributed by atoms with Crippen molar-refractivity contribution >= 4 is 35.3 Å². The summed E-state index contributed by atoms with van der Waals surface area (Å²) in [7, 11) is 2.14. The smallest absolute Gasteiger partial charge is 0.407 e. The van der Waals surface area contributed by atoms with Crippen molar-refractivity contribution in [3.63, 3.8) is 0 Å². The number of aromatic amines is 1. The van der Waals surface area contributed by atoms with Crippen LogP contribution >= 0.6 is 0 Å². The maximum atomic E-state index is 13.5. The Hall–Kier alpha value is -5.88. The van der Waals surface area contributed by atoms with Crippen LogP contribution in [0, 0.1) is 0 Å². The van der Waals surface area contributed by atoms with E-state index in [9.17, 15) is 45.5 Å². The topological polar surface area (TPSA) is 158 Å². The predicted octanol–water partition coefficient (Wildman–Crippen LogP) is 7.72. The number of carbonyl (C=O) groups excluding carboxylic acids is 4. The first-order chi connectivity index (χ1) is 28.5. The Kier molecular flexibility index (Phi) is 13.5. The van der Waals surface area contributed by atoms with Crippen LogP contribution in [-0.4, -0.2) is 107 Å². The van der Waals surface area contributed by atoms with Gasteiger partial charge in [-0.25, -0.2) is 14.6 Å². The number of allylic oxidation sites excluding steroid dienone is 1. The van der Waals surface area contributed by atoms with E-state index in [0.717, 1.165) is 47.8 Å². The predicted molar refractivity (Wildman–Crippen MR) is 207 cm³/mol. The first-order valence-electron chi connectivity index (χ1n) is 19.5. The van der Waals surface area contributed by atoms with Crippen molar-refractivity contribution in [3.8, 4) is 22.4 Å². The van der Waals surface area contributed by atoms with Crippen molar-refractivity contribution in [2.45, 2.75) is 94.3 Å². The molecule has 13 nitrogen and oxygen atoms in total. The lowest BCUT2D eigenvalue weighted by Crippen LogP contribution is -2.51. The highest BCUT2D eigenvalue weighted by Crippen LogP contribution is 2.35. The van der Waals surface area contributed by atoms with Crippen molar-refractivity contribution in [2.24, 2.45) is 4.99 Å². The van der Waals surface area contributed by atoms with Gasteiger partial charge in [0.15, 0.2) is 0 Å². The molecule has 4 atom stereocenters. The third kappa shape index (κ3) is 10.8. The van der Waals surface area contributed by atoms with Gasteiger partial charge in [-0.15, -0.1) is 0 Å². The van der Waals surface area contributed by atoms with Gasteiger partial charge in [-0.3, -0.25) is 14.6 Å². The van der Waals surface area contributed by atoms with Gasteiger partial charge in [-0.2, -0.15) is 26.3 Å². The molecular weight excluding hydrogens is 800 g/mol. The van der Waals surface area contributed by atoms with Gasteiger partial charge in [-0.05, 0) is 66.4 Å². The third-order valence-corrected chi connectivity index (χ3v) is 10.9. The highest BCUT2D eigenvalue weighted by molar-refractivity contribution is 6.03. The summed E-state index contributed by atoms with van der Waals surface area (Å²) >= 11 is 0. The summed E-state index contributed by atoms with van der Waals surface area (Å²) in [5.41, 5.74) is 5.91. The highest BCUT2D eigenvalue weighted by Gasteiger charge is 2.40. The number of carbonyl (C=O) groups is 4. The molecule has 2 fully saturated rings. The molecule has 3 aliphatic rings. The molecule has 2 saturated heterocycles. The standard InChI is InChI=1S/C41H45F6N7O6/c1-59-38(57)51-29(15-17-40(42,43)44)36(55)53-19-3-5-33(53)31-21-28(22-48-31)26-9-7-24(8-10-26)25-11-13-27(14-12-25)32-23-49-35(50-32)34-6-4-20-54(34)37(56)30(52-39(58)60-2)16-18-41(45,46)47/h7-14,22-23,29-30,33-34H,3-6,15-21H2,1-2H3,(H,49,50)(H,51,57)(H,52,58)/t29-,30-,33-,34-/m0/s1. The molecule has 19 heteroatoms. The van der Waals surface area contributed by atoms with Gasteiger partial charge in [0.1, 0.15) is 17.9 Å². The number of methoxy groups -OCH3 is 2. The molecule has 0 aliphatic carbocycles. The Labute approximate surface area is 341 Å². The number of aromatic nitrogens is 2. The van der Waals surface area contributed by atoms with E-state index >= 15 is 0 Å². The summed E-state index contributed by atoms with van der Waals surface area (Å²) in [5, 5.41) is 4.51. The van der Waals surface area contributed by atoms with Crippen LogP contribution in [0.15, 0.2) is 65.9 Å². The fourth-order valence-electron chi connectivity index (χ4n) is 7.82. The van der Waals surface area contributed by atoms with E-state index in [1.165, 1.54) is 9.80 Å². The summed E-state index contributed by atoms with van der Waals surface area (Å²) < 4.78 is 87.2. The molecule has 0 saturated carbocycles. The number of likely N-dealkylation sites (tertiary alicyclic amines) is 2. The Balaban J connectivity index is 1.06. The van der Waals surface area contributed by atoms with E-state index in [4.69, 9.17) is 0 Å². The minimum atomic E-state index is -4.51. The van der Waals surface area contributed by atoms with Crippen molar-refractivity contribution < 1.29 is 55.0 Å². The molecule has 1 aromatic heterocycles. The molecule has 0 bridgehead atoms. The summed E-state index contributed by atoms with van der Waals surface area (Å²) in [5.74, 6) is -0.774. The first kappa shape index (κ1) is 43.7. The second-order valence-corrected chi connectivity index (χ2v) is 14.9. The van der Waals surface area contributed by atoms with E-state index < -0.39 is 86.2 Å². The number of hydrogen-bond acceptors (Lipinski definition) is 8. The Morgan fingerprint density at radius 2 is 1.20 bits per heavy atom. The monoisotopic (exact) mass is 845 g/mol. The first-order valence-corrected chi connectivity index (χ1v) is 19.5. The molecule has 0 radical (unpaired) electrons. The minimum Gasteiger partial charge on any atom is -0.453 e. The van der Waals surface area contributed by atoms with Gasteiger partial charge in [0, 0.05) is 44.3 Å². The van der Waals surface area contributed by atoms with Crippen LogP contribution in [0.1, 0.15) is 75.2 Å². The van der Waals surface area contributed by atoms with E-state index in [-0.39, 0.29) is 0 Å². The van der Waals surface area contributed by atoms with Crippen LogP contribution < -0.4 is 10.6 Å². The number of hydrogen-bond donors (Lipinski definition) is 3. The van der Waals surface area contributed by atoms with Crippen molar-refractivity contribution in [2.75, 3.05) is 27.3 Å². The van der Waals surface area contributed by atoms with Crippen LogP contribution in [0.25, 0.3) is 28.0 Å². The number of benzene rings is 2. The molecule has 0 spiro atoms. The van der Waals surface area contributed by atoms with Crippen molar-refractivity contribution in [1.82, 2.24) is 30.4 Å². The molecule has 3 aliphatic heterocycles. The Morgan fingerprint density at radius 1 is 0.733 bits per heavy atom. The molecule has 2 aromatic carbocycles. The van der Waals surface area contributed by atoms with E-state index in [1.54, 1.807) is 12.4 Å². The molecule has 3 N–H and O–H groups in total. The van der Waals surface area contributed by atoms with Gasteiger partial charge in [0.25, 0.3) is 0 Å². The van der Waals surface area contributed by atoms with E-state index in [2.05, 4.69) is 35.1 Å². The van der Waals surface area contributed by atoms with Crippen LogP contribution in [0.4, 0.5) is 35.9 Å². The average molecular weight is 846 g/mol. The second kappa shape index (κ2) is 18.6. The summed E-state index contributed by atoms with van der Waals surface area (Å²) in [6, 6.07) is 11.8. The van der Waals surface area contributed by atoms with Gasteiger partial charge in [-0.1, -0.05) is 48.5 Å². The number of alkyl carbamates (subject to hydrolysis) is 2. The van der Waals surface area contributed by atoms with Crippen LogP contribution in [-0.2, 0) is 19.1 Å². The number of amides is 4. The minimum absolute atomic E-state index is 0.291.